The number of nitrogens with zero attached hydrogens (tertiary/aromatic N) is 1. The third kappa shape index (κ3) is 3.60. The molecule has 32 heavy (non-hydrogen) atoms. The van der Waals surface area contributed by atoms with E-state index in [4.69, 9.17) is 23.2 Å². The van der Waals surface area contributed by atoms with Gasteiger partial charge in [-0.05, 0) is 48.5 Å². The highest BCUT2D eigenvalue weighted by Gasteiger charge is 2.19. The highest BCUT2D eigenvalue weighted by Crippen LogP contribution is 2.36. The average molecular weight is 482 g/mol. The molecule has 2 aromatic heterocycles. The van der Waals surface area contributed by atoms with Crippen molar-refractivity contribution in [3.8, 4) is 16.3 Å². The SMILES string of the molecule is O=C(Nc1ccc(-c2nc3c(Cl)cc(Cl)cc3s2)cc1)c1c(O)c2ccccc2[nH]c1=O. The lowest BCUT2D eigenvalue weighted by Crippen LogP contribution is -2.23. The van der Waals surface area contributed by atoms with Crippen LogP contribution in [0.5, 0.6) is 5.75 Å². The van der Waals surface area contributed by atoms with Crippen LogP contribution in [0.1, 0.15) is 10.4 Å². The Morgan fingerprint density at radius 3 is 2.59 bits per heavy atom. The van der Waals surface area contributed by atoms with Gasteiger partial charge in [0.15, 0.2) is 0 Å². The molecule has 0 aliphatic heterocycles. The number of aromatic nitrogens is 2. The molecule has 2 heterocycles. The number of halogens is 2. The Kier molecular flexibility index (Phi) is 5.09. The van der Waals surface area contributed by atoms with Gasteiger partial charge >= 0.3 is 0 Å². The minimum atomic E-state index is -0.705. The van der Waals surface area contributed by atoms with E-state index in [2.05, 4.69) is 15.3 Å². The first-order valence-corrected chi connectivity index (χ1v) is 11.0. The van der Waals surface area contributed by atoms with Crippen molar-refractivity contribution in [2.24, 2.45) is 0 Å². The number of carbonyl (C=O) groups excluding carboxylic acids is 1. The zero-order chi connectivity index (χ0) is 22.4. The number of fused-ring (bicyclic) bond motifs is 2. The van der Waals surface area contributed by atoms with Crippen LogP contribution >= 0.6 is 34.5 Å². The number of anilines is 1. The molecule has 5 aromatic rings. The normalized spacial score (nSPS) is 11.2. The van der Waals surface area contributed by atoms with E-state index in [9.17, 15) is 14.7 Å². The predicted molar refractivity (Wildman–Crippen MR) is 129 cm³/mol. The molecule has 0 radical (unpaired) electrons. The quantitative estimate of drug-likeness (QED) is 0.291. The molecule has 0 aliphatic carbocycles. The topological polar surface area (TPSA) is 95.1 Å². The smallest absolute Gasteiger partial charge is 0.265 e. The summed E-state index contributed by atoms with van der Waals surface area (Å²) in [6.07, 6.45) is 0. The number of hydrogen-bond acceptors (Lipinski definition) is 5. The van der Waals surface area contributed by atoms with E-state index in [0.717, 1.165) is 15.3 Å². The van der Waals surface area contributed by atoms with Crippen molar-refractivity contribution in [3.63, 3.8) is 0 Å². The first-order valence-electron chi connectivity index (χ1n) is 9.42. The summed E-state index contributed by atoms with van der Waals surface area (Å²) in [6, 6.07) is 17.2. The second-order valence-corrected chi connectivity index (χ2v) is 8.88. The van der Waals surface area contributed by atoms with Crippen molar-refractivity contribution < 1.29 is 9.90 Å². The van der Waals surface area contributed by atoms with Gasteiger partial charge in [0.05, 0.1) is 15.2 Å². The van der Waals surface area contributed by atoms with Crippen LogP contribution in [0.3, 0.4) is 0 Å². The number of nitrogens with one attached hydrogen (secondary N) is 2. The van der Waals surface area contributed by atoms with E-state index in [1.54, 1.807) is 54.6 Å². The van der Waals surface area contributed by atoms with Gasteiger partial charge in [-0.15, -0.1) is 11.3 Å². The van der Waals surface area contributed by atoms with Crippen LogP contribution in [0.15, 0.2) is 65.5 Å². The van der Waals surface area contributed by atoms with Crippen molar-refractivity contribution in [1.82, 2.24) is 9.97 Å². The van der Waals surface area contributed by atoms with Crippen molar-refractivity contribution in [2.45, 2.75) is 0 Å². The molecular weight excluding hydrogens is 469 g/mol. The molecule has 1 amide bonds. The molecule has 0 saturated heterocycles. The van der Waals surface area contributed by atoms with Gasteiger partial charge in [-0.1, -0.05) is 35.3 Å². The molecule has 9 heteroatoms. The van der Waals surface area contributed by atoms with Gasteiger partial charge in [-0.3, -0.25) is 9.59 Å². The lowest BCUT2D eigenvalue weighted by molar-refractivity contribution is 0.102. The fraction of sp³-hybridized carbons (Fsp3) is 0. The number of hydrogen-bond donors (Lipinski definition) is 3. The summed E-state index contributed by atoms with van der Waals surface area (Å²) in [4.78, 5) is 32.3. The maximum absolute atomic E-state index is 12.7. The monoisotopic (exact) mass is 481 g/mol. The molecule has 0 saturated carbocycles. The zero-order valence-corrected chi connectivity index (χ0v) is 18.5. The summed E-state index contributed by atoms with van der Waals surface area (Å²) in [5.74, 6) is -1.06. The first-order chi connectivity index (χ1) is 15.4. The fourth-order valence-electron chi connectivity index (χ4n) is 3.41. The minimum absolute atomic E-state index is 0.342. The number of rotatable bonds is 3. The van der Waals surface area contributed by atoms with E-state index in [1.807, 2.05) is 6.07 Å². The summed E-state index contributed by atoms with van der Waals surface area (Å²) in [6.45, 7) is 0. The molecule has 6 nitrogen and oxygen atoms in total. The average Bonchev–Trinajstić information content (AvgIpc) is 3.19. The first kappa shape index (κ1) is 20.5. The molecule has 0 unspecified atom stereocenters. The molecule has 0 atom stereocenters. The molecule has 5 rings (SSSR count). The standard InChI is InChI=1S/C23H13Cl2N3O3S/c24-12-9-15(25)19-17(10-12)32-23(28-19)11-5-7-13(8-6-11)26-21(30)18-20(29)14-3-1-2-4-16(14)27-22(18)31/h1-10H,(H,26,30)(H2,27,29,31). The van der Waals surface area contributed by atoms with Crippen molar-refractivity contribution in [3.05, 3.63) is 86.6 Å². The summed E-state index contributed by atoms with van der Waals surface area (Å²) in [7, 11) is 0. The molecule has 3 aromatic carbocycles. The summed E-state index contributed by atoms with van der Waals surface area (Å²) in [5, 5.41) is 15.3. The van der Waals surface area contributed by atoms with Crippen molar-refractivity contribution in [1.29, 1.82) is 0 Å². The number of H-pyrrole nitrogens is 1. The number of thiazole rings is 1. The van der Waals surface area contributed by atoms with Gasteiger partial charge < -0.3 is 15.4 Å². The number of aromatic amines is 1. The lowest BCUT2D eigenvalue weighted by Gasteiger charge is -2.09. The molecule has 0 aliphatic rings. The number of benzene rings is 3. The van der Waals surface area contributed by atoms with Crippen LogP contribution in [0.25, 0.3) is 31.7 Å². The largest absolute Gasteiger partial charge is 0.506 e. The fourth-order valence-corrected chi connectivity index (χ4v) is 5.10. The molecule has 158 valence electrons. The molecule has 0 fully saturated rings. The molecule has 0 spiro atoms. The summed E-state index contributed by atoms with van der Waals surface area (Å²) >= 11 is 13.7. The summed E-state index contributed by atoms with van der Waals surface area (Å²) in [5.41, 5.74) is 1.43. The molecule has 0 bridgehead atoms. The van der Waals surface area contributed by atoms with Crippen molar-refractivity contribution >= 4 is 67.3 Å². The van der Waals surface area contributed by atoms with Crippen molar-refractivity contribution in [2.75, 3.05) is 5.32 Å². The Bertz CT molecular complexity index is 1580. The third-order valence-electron chi connectivity index (χ3n) is 4.92. The minimum Gasteiger partial charge on any atom is -0.506 e. The lowest BCUT2D eigenvalue weighted by atomic mass is 10.1. The second-order valence-electron chi connectivity index (χ2n) is 7.01. The van der Waals surface area contributed by atoms with Crippen LogP contribution in [0.4, 0.5) is 5.69 Å². The molecule has 3 N–H and O–H groups in total. The molecular formula is C23H13Cl2N3O3S. The van der Waals surface area contributed by atoms with Crippen LogP contribution < -0.4 is 10.9 Å². The maximum atomic E-state index is 12.7. The van der Waals surface area contributed by atoms with E-state index in [-0.39, 0.29) is 11.3 Å². The Morgan fingerprint density at radius 1 is 1.06 bits per heavy atom. The van der Waals surface area contributed by atoms with E-state index >= 15 is 0 Å². The Balaban J connectivity index is 1.43. The Morgan fingerprint density at radius 2 is 1.81 bits per heavy atom. The number of aromatic hydroxyl groups is 1. The van der Waals surface area contributed by atoms with Gasteiger partial charge in [0.1, 0.15) is 21.8 Å². The maximum Gasteiger partial charge on any atom is 0.265 e. The van der Waals surface area contributed by atoms with Gasteiger partial charge in [-0.2, -0.15) is 0 Å². The second kappa shape index (κ2) is 7.94. The zero-order valence-electron chi connectivity index (χ0n) is 16.1. The van der Waals surface area contributed by atoms with Gasteiger partial charge in [-0.25, -0.2) is 4.98 Å². The number of amides is 1. The van der Waals surface area contributed by atoms with E-state index < -0.39 is 11.5 Å². The van der Waals surface area contributed by atoms with E-state index in [1.165, 1.54) is 11.3 Å². The number of para-hydroxylation sites is 1. The van der Waals surface area contributed by atoms with Gasteiger partial charge in [0.2, 0.25) is 0 Å². The van der Waals surface area contributed by atoms with E-state index in [0.29, 0.717) is 32.2 Å². The highest BCUT2D eigenvalue weighted by molar-refractivity contribution is 7.21. The third-order valence-corrected chi connectivity index (χ3v) is 6.48. The van der Waals surface area contributed by atoms with Crippen LogP contribution in [-0.2, 0) is 0 Å². The Hall–Kier alpha value is -3.39. The Labute approximate surface area is 195 Å². The summed E-state index contributed by atoms with van der Waals surface area (Å²) < 4.78 is 0.876. The van der Waals surface area contributed by atoms with Crippen LogP contribution in [0, 0.1) is 0 Å². The number of carbonyl (C=O) groups is 1. The van der Waals surface area contributed by atoms with Crippen LogP contribution in [-0.4, -0.2) is 21.0 Å². The van der Waals surface area contributed by atoms with Crippen LogP contribution in [0.2, 0.25) is 10.0 Å². The predicted octanol–water partition coefficient (Wildman–Crippen LogP) is 6.07. The van der Waals surface area contributed by atoms with Gasteiger partial charge in [0, 0.05) is 21.7 Å². The highest BCUT2D eigenvalue weighted by atomic mass is 35.5. The number of pyridine rings is 1. The van der Waals surface area contributed by atoms with Gasteiger partial charge in [0.25, 0.3) is 11.5 Å².